The van der Waals surface area contributed by atoms with Crippen LogP contribution in [0.1, 0.15) is 71.1 Å². The Morgan fingerprint density at radius 2 is 1.30 bits per heavy atom. The molecule has 0 unspecified atom stereocenters. The number of hydrogen-bond acceptors (Lipinski definition) is 1. The minimum Gasteiger partial charge on any atom is -0.481 e. The molecule has 0 bridgehead atoms. The average Bonchev–Trinajstić information content (AvgIpc) is 2.43. The highest BCUT2D eigenvalue weighted by atomic mass is 16.4. The second-order valence-corrected chi connectivity index (χ2v) is 5.03. The molecular formula is C18H30O2. The minimum absolute atomic E-state index is 0.143. The molecular weight excluding hydrogens is 248 g/mol. The predicted octanol–water partition coefficient (Wildman–Crippen LogP) is 5.66. The second kappa shape index (κ2) is 15.7. The molecule has 0 aromatic rings. The molecule has 0 aromatic heterocycles. The van der Waals surface area contributed by atoms with Gasteiger partial charge >= 0.3 is 5.97 Å². The Balaban J connectivity index is 3.27. The van der Waals surface area contributed by atoms with E-state index >= 15 is 0 Å². The Hall–Kier alpha value is -1.31. The summed E-state index contributed by atoms with van der Waals surface area (Å²) in [5.41, 5.74) is 0. The van der Waals surface area contributed by atoms with E-state index in [-0.39, 0.29) is 6.42 Å². The van der Waals surface area contributed by atoms with Crippen molar-refractivity contribution in [2.45, 2.75) is 71.1 Å². The zero-order valence-corrected chi connectivity index (χ0v) is 12.9. The van der Waals surface area contributed by atoms with E-state index in [0.717, 1.165) is 25.7 Å². The Bertz CT molecular complexity index is 301. The molecule has 20 heavy (non-hydrogen) atoms. The molecule has 0 atom stereocenters. The van der Waals surface area contributed by atoms with Gasteiger partial charge in [0.15, 0.2) is 0 Å². The molecule has 0 rings (SSSR count). The van der Waals surface area contributed by atoms with Crippen molar-refractivity contribution in [3.05, 3.63) is 36.5 Å². The number of hydrogen-bond donors (Lipinski definition) is 1. The third-order valence-corrected chi connectivity index (χ3v) is 3.03. The van der Waals surface area contributed by atoms with Gasteiger partial charge in [-0.25, -0.2) is 0 Å². The van der Waals surface area contributed by atoms with E-state index in [9.17, 15) is 4.79 Å². The first-order chi connectivity index (χ1) is 9.77. The number of rotatable bonds is 13. The molecule has 0 aliphatic rings. The lowest BCUT2D eigenvalue weighted by molar-refractivity contribution is -0.136. The molecule has 0 saturated carbocycles. The van der Waals surface area contributed by atoms with Crippen LogP contribution >= 0.6 is 0 Å². The topological polar surface area (TPSA) is 37.3 Å². The normalized spacial score (nSPS) is 12.1. The Labute approximate surface area is 124 Å². The van der Waals surface area contributed by atoms with E-state index in [2.05, 4.69) is 31.2 Å². The van der Waals surface area contributed by atoms with Crippen LogP contribution in [0.5, 0.6) is 0 Å². The maximum Gasteiger partial charge on any atom is 0.307 e. The Morgan fingerprint density at radius 1 is 0.800 bits per heavy atom. The highest BCUT2D eigenvalue weighted by Gasteiger charge is 1.89. The first-order valence-corrected chi connectivity index (χ1v) is 7.94. The maximum absolute atomic E-state index is 10.3. The van der Waals surface area contributed by atoms with Crippen molar-refractivity contribution >= 4 is 5.97 Å². The van der Waals surface area contributed by atoms with Crippen LogP contribution in [-0.2, 0) is 4.79 Å². The average molecular weight is 278 g/mol. The molecule has 0 spiro atoms. The van der Waals surface area contributed by atoms with Crippen molar-refractivity contribution in [1.29, 1.82) is 0 Å². The Kier molecular flexibility index (Phi) is 14.7. The van der Waals surface area contributed by atoms with Crippen molar-refractivity contribution in [3.8, 4) is 0 Å². The molecule has 0 amide bonds. The third kappa shape index (κ3) is 16.7. The minimum atomic E-state index is -0.757. The SMILES string of the molecule is CCCCCC=CCC=CCCCC/C=C\CC(=O)O. The molecule has 0 radical (unpaired) electrons. The number of carboxylic acids is 1. The van der Waals surface area contributed by atoms with Crippen LogP contribution in [0.4, 0.5) is 0 Å². The standard InChI is InChI=1S/C18H30O2/c1-2-3-4-5-6-7-8-9-10-11-12-13-14-15-16-17-18(19)20/h6-7,9-10,15-16H,2-5,8,11-14,17H2,1H3,(H,19,20)/b7-6?,10-9?,16-15-. The van der Waals surface area contributed by atoms with E-state index in [1.54, 1.807) is 6.08 Å². The summed E-state index contributed by atoms with van der Waals surface area (Å²) < 4.78 is 0. The monoisotopic (exact) mass is 278 g/mol. The molecule has 0 saturated heterocycles. The molecule has 1 N–H and O–H groups in total. The lowest BCUT2D eigenvalue weighted by Gasteiger charge is -1.93. The van der Waals surface area contributed by atoms with Gasteiger partial charge in [-0.15, -0.1) is 0 Å². The van der Waals surface area contributed by atoms with Crippen molar-refractivity contribution in [3.63, 3.8) is 0 Å². The molecule has 0 aliphatic heterocycles. The first kappa shape index (κ1) is 18.7. The van der Waals surface area contributed by atoms with Gasteiger partial charge in [-0.3, -0.25) is 4.79 Å². The number of allylic oxidation sites excluding steroid dienone is 5. The maximum atomic E-state index is 10.3. The van der Waals surface area contributed by atoms with Crippen LogP contribution in [-0.4, -0.2) is 11.1 Å². The van der Waals surface area contributed by atoms with E-state index in [0.29, 0.717) is 0 Å². The van der Waals surface area contributed by atoms with Gasteiger partial charge in [0.2, 0.25) is 0 Å². The molecule has 0 fully saturated rings. The zero-order chi connectivity index (χ0) is 14.9. The summed E-state index contributed by atoms with van der Waals surface area (Å²) in [5.74, 6) is -0.757. The van der Waals surface area contributed by atoms with Crippen molar-refractivity contribution < 1.29 is 9.90 Å². The van der Waals surface area contributed by atoms with E-state index in [1.165, 1.54) is 32.1 Å². The molecule has 2 heteroatoms. The highest BCUT2D eigenvalue weighted by molar-refractivity contribution is 5.68. The first-order valence-electron chi connectivity index (χ1n) is 7.94. The largest absolute Gasteiger partial charge is 0.481 e. The van der Waals surface area contributed by atoms with E-state index in [4.69, 9.17) is 5.11 Å². The lowest BCUT2D eigenvalue weighted by atomic mass is 10.1. The van der Waals surface area contributed by atoms with Crippen LogP contribution in [0.25, 0.3) is 0 Å². The lowest BCUT2D eigenvalue weighted by Crippen LogP contribution is -1.89. The fourth-order valence-corrected chi connectivity index (χ4v) is 1.85. The van der Waals surface area contributed by atoms with Crippen molar-refractivity contribution in [1.82, 2.24) is 0 Å². The molecule has 114 valence electrons. The summed E-state index contributed by atoms with van der Waals surface area (Å²) in [7, 11) is 0. The van der Waals surface area contributed by atoms with Crippen molar-refractivity contribution in [2.75, 3.05) is 0 Å². The summed E-state index contributed by atoms with van der Waals surface area (Å²) in [4.78, 5) is 10.3. The number of unbranched alkanes of at least 4 members (excludes halogenated alkanes) is 6. The van der Waals surface area contributed by atoms with Gasteiger partial charge in [-0.1, -0.05) is 56.2 Å². The summed E-state index contributed by atoms with van der Waals surface area (Å²) in [6.45, 7) is 2.23. The number of carboxylic acid groups (broad SMARTS) is 1. The summed E-state index contributed by atoms with van der Waals surface area (Å²) in [6, 6.07) is 0. The van der Waals surface area contributed by atoms with Crippen LogP contribution in [0.3, 0.4) is 0 Å². The smallest absolute Gasteiger partial charge is 0.307 e. The van der Waals surface area contributed by atoms with Crippen LogP contribution in [0.2, 0.25) is 0 Å². The van der Waals surface area contributed by atoms with E-state index < -0.39 is 5.97 Å². The van der Waals surface area contributed by atoms with Gasteiger partial charge in [-0.05, 0) is 44.9 Å². The molecule has 0 heterocycles. The fraction of sp³-hybridized carbons (Fsp3) is 0.611. The van der Waals surface area contributed by atoms with Gasteiger partial charge in [0.1, 0.15) is 0 Å². The van der Waals surface area contributed by atoms with Gasteiger partial charge in [0.25, 0.3) is 0 Å². The van der Waals surface area contributed by atoms with Crippen LogP contribution < -0.4 is 0 Å². The van der Waals surface area contributed by atoms with Gasteiger partial charge in [0, 0.05) is 0 Å². The zero-order valence-electron chi connectivity index (χ0n) is 12.9. The van der Waals surface area contributed by atoms with Crippen LogP contribution in [0, 0.1) is 0 Å². The number of aliphatic carboxylic acids is 1. The van der Waals surface area contributed by atoms with Gasteiger partial charge < -0.3 is 5.11 Å². The van der Waals surface area contributed by atoms with Crippen molar-refractivity contribution in [2.24, 2.45) is 0 Å². The molecule has 0 aromatic carbocycles. The third-order valence-electron chi connectivity index (χ3n) is 3.03. The highest BCUT2D eigenvalue weighted by Crippen LogP contribution is 2.04. The number of carbonyl (C=O) groups is 1. The summed E-state index contributed by atoms with van der Waals surface area (Å²) in [5, 5.41) is 8.45. The summed E-state index contributed by atoms with van der Waals surface area (Å²) in [6.07, 6.45) is 23.5. The molecule has 0 aliphatic carbocycles. The molecule has 2 nitrogen and oxygen atoms in total. The predicted molar refractivity (Wildman–Crippen MR) is 86.9 cm³/mol. The summed E-state index contributed by atoms with van der Waals surface area (Å²) >= 11 is 0. The van der Waals surface area contributed by atoms with E-state index in [1.807, 2.05) is 6.08 Å². The van der Waals surface area contributed by atoms with Gasteiger partial charge in [-0.2, -0.15) is 0 Å². The quantitative estimate of drug-likeness (QED) is 0.348. The van der Waals surface area contributed by atoms with Crippen LogP contribution in [0.15, 0.2) is 36.5 Å². The Morgan fingerprint density at radius 3 is 1.80 bits per heavy atom. The van der Waals surface area contributed by atoms with Gasteiger partial charge in [0.05, 0.1) is 6.42 Å². The second-order valence-electron chi connectivity index (χ2n) is 5.03. The fourth-order valence-electron chi connectivity index (χ4n) is 1.85.